The molecule has 0 rings (SSSR count). The molecule has 0 amide bonds. The molecular weight excluding hydrogens is 248 g/mol. The number of ether oxygens (including phenoxy) is 2. The van der Waals surface area contributed by atoms with E-state index in [1.807, 2.05) is 0 Å². The molecule has 0 aromatic rings. The average Bonchev–Trinajstić information content (AvgIpc) is 2.18. The summed E-state index contributed by atoms with van der Waals surface area (Å²) >= 11 is 3.34. The highest BCUT2D eigenvalue weighted by molar-refractivity contribution is 9.09. The molecule has 0 saturated carbocycles. The van der Waals surface area contributed by atoms with Crippen LogP contribution in [0.3, 0.4) is 0 Å². The van der Waals surface area contributed by atoms with Crippen LogP contribution in [0.15, 0.2) is 12.7 Å². The lowest BCUT2D eigenvalue weighted by molar-refractivity contribution is -0.0134. The van der Waals surface area contributed by atoms with Crippen LogP contribution in [0.1, 0.15) is 12.8 Å². The highest BCUT2D eigenvalue weighted by Gasteiger charge is 2.03. The molecule has 1 unspecified atom stereocenters. The summed E-state index contributed by atoms with van der Waals surface area (Å²) in [5.41, 5.74) is 0. The van der Waals surface area contributed by atoms with Gasteiger partial charge in [-0.1, -0.05) is 22.0 Å². The largest absolute Gasteiger partial charge is 0.388 e. The molecule has 0 aliphatic rings. The Morgan fingerprint density at radius 3 is 2.64 bits per heavy atom. The van der Waals surface area contributed by atoms with Gasteiger partial charge in [-0.2, -0.15) is 0 Å². The zero-order valence-electron chi connectivity index (χ0n) is 8.45. The molecule has 1 N–H and O–H groups in total. The van der Waals surface area contributed by atoms with Gasteiger partial charge in [0.1, 0.15) is 6.10 Å². The first-order valence-corrected chi connectivity index (χ1v) is 5.93. The topological polar surface area (TPSA) is 38.7 Å². The van der Waals surface area contributed by atoms with E-state index in [9.17, 15) is 5.11 Å². The lowest BCUT2D eigenvalue weighted by Gasteiger charge is -2.10. The number of unbranched alkanes of at least 4 members (excludes halogenated alkanes) is 1. The summed E-state index contributed by atoms with van der Waals surface area (Å²) < 4.78 is 10.3. The van der Waals surface area contributed by atoms with Crippen LogP contribution in [-0.2, 0) is 9.47 Å². The van der Waals surface area contributed by atoms with E-state index in [2.05, 4.69) is 22.5 Å². The lowest BCUT2D eigenvalue weighted by atomic mass is 10.3. The van der Waals surface area contributed by atoms with Crippen molar-refractivity contribution in [2.45, 2.75) is 18.9 Å². The highest BCUT2D eigenvalue weighted by Crippen LogP contribution is 1.95. The summed E-state index contributed by atoms with van der Waals surface area (Å²) in [5.74, 6) is 0. The third-order valence-corrected chi connectivity index (χ3v) is 2.09. The Bertz CT molecular complexity index is 131. The molecule has 14 heavy (non-hydrogen) atoms. The van der Waals surface area contributed by atoms with Crippen LogP contribution in [0.5, 0.6) is 0 Å². The fraction of sp³-hybridized carbons (Fsp3) is 0.800. The fourth-order valence-corrected chi connectivity index (χ4v) is 1.25. The highest BCUT2D eigenvalue weighted by atomic mass is 79.9. The Labute approximate surface area is 94.2 Å². The SMILES string of the molecule is C=CCOCC(O)COCCCCBr. The minimum Gasteiger partial charge on any atom is -0.388 e. The predicted molar refractivity (Wildman–Crippen MR) is 60.9 cm³/mol. The predicted octanol–water partition coefficient (Wildman–Crippen LogP) is 1.74. The summed E-state index contributed by atoms with van der Waals surface area (Å²) in [7, 11) is 0. The molecule has 84 valence electrons. The number of hydrogen-bond acceptors (Lipinski definition) is 3. The van der Waals surface area contributed by atoms with Crippen molar-refractivity contribution in [3.05, 3.63) is 12.7 Å². The maximum absolute atomic E-state index is 9.34. The van der Waals surface area contributed by atoms with Crippen LogP contribution < -0.4 is 0 Å². The van der Waals surface area contributed by atoms with Crippen molar-refractivity contribution in [1.82, 2.24) is 0 Å². The number of hydrogen-bond donors (Lipinski definition) is 1. The number of aliphatic hydroxyl groups is 1. The van der Waals surface area contributed by atoms with Crippen LogP contribution in [0.4, 0.5) is 0 Å². The Hall–Kier alpha value is 0.100. The van der Waals surface area contributed by atoms with Crippen molar-refractivity contribution in [2.75, 3.05) is 31.8 Å². The van der Waals surface area contributed by atoms with Crippen molar-refractivity contribution >= 4 is 15.9 Å². The molecule has 0 saturated heterocycles. The molecule has 0 heterocycles. The summed E-state index contributed by atoms with van der Waals surface area (Å²) in [6.07, 6.45) is 3.25. The summed E-state index contributed by atoms with van der Waals surface area (Å²) in [4.78, 5) is 0. The lowest BCUT2D eigenvalue weighted by Crippen LogP contribution is -2.22. The van der Waals surface area contributed by atoms with Crippen molar-refractivity contribution in [1.29, 1.82) is 0 Å². The molecule has 1 atom stereocenters. The maximum Gasteiger partial charge on any atom is 0.101 e. The fourth-order valence-electron chi connectivity index (χ4n) is 0.854. The van der Waals surface area contributed by atoms with Crippen LogP contribution >= 0.6 is 15.9 Å². The first kappa shape index (κ1) is 14.1. The van der Waals surface area contributed by atoms with E-state index in [0.29, 0.717) is 26.4 Å². The van der Waals surface area contributed by atoms with Gasteiger partial charge in [-0.3, -0.25) is 0 Å². The van der Waals surface area contributed by atoms with Crippen LogP contribution in [0.25, 0.3) is 0 Å². The van der Waals surface area contributed by atoms with Gasteiger partial charge >= 0.3 is 0 Å². The van der Waals surface area contributed by atoms with Gasteiger partial charge in [-0.15, -0.1) is 6.58 Å². The quantitative estimate of drug-likeness (QED) is 0.372. The zero-order valence-corrected chi connectivity index (χ0v) is 10.0. The van der Waals surface area contributed by atoms with E-state index < -0.39 is 6.10 Å². The normalized spacial score (nSPS) is 12.7. The Morgan fingerprint density at radius 2 is 2.00 bits per heavy atom. The summed E-state index contributed by atoms with van der Waals surface area (Å²) in [6, 6.07) is 0. The molecule has 0 bridgehead atoms. The van der Waals surface area contributed by atoms with Gasteiger partial charge in [0.25, 0.3) is 0 Å². The van der Waals surface area contributed by atoms with Gasteiger partial charge in [0.05, 0.1) is 19.8 Å². The van der Waals surface area contributed by atoms with Crippen LogP contribution in [0.2, 0.25) is 0 Å². The van der Waals surface area contributed by atoms with Gasteiger partial charge < -0.3 is 14.6 Å². The van der Waals surface area contributed by atoms with E-state index in [1.54, 1.807) is 6.08 Å². The van der Waals surface area contributed by atoms with Gasteiger partial charge in [-0.05, 0) is 12.8 Å². The molecule has 0 spiro atoms. The van der Waals surface area contributed by atoms with Gasteiger partial charge in [0.15, 0.2) is 0 Å². The van der Waals surface area contributed by atoms with E-state index in [0.717, 1.165) is 18.2 Å². The molecule has 4 heteroatoms. The molecule has 0 aliphatic carbocycles. The minimum absolute atomic E-state index is 0.310. The Morgan fingerprint density at radius 1 is 1.29 bits per heavy atom. The molecule has 0 aromatic heterocycles. The van der Waals surface area contributed by atoms with E-state index in [1.165, 1.54) is 0 Å². The van der Waals surface area contributed by atoms with Crippen molar-refractivity contribution in [3.8, 4) is 0 Å². The zero-order chi connectivity index (χ0) is 10.6. The third kappa shape index (κ3) is 10.2. The summed E-state index contributed by atoms with van der Waals surface area (Å²) in [5, 5.41) is 10.3. The maximum atomic E-state index is 9.34. The van der Waals surface area contributed by atoms with Gasteiger partial charge in [0, 0.05) is 11.9 Å². The van der Waals surface area contributed by atoms with Gasteiger partial charge in [0.2, 0.25) is 0 Å². The molecular formula is C10H19BrO3. The Balaban J connectivity index is 3.09. The average molecular weight is 267 g/mol. The van der Waals surface area contributed by atoms with Crippen molar-refractivity contribution in [2.24, 2.45) is 0 Å². The smallest absolute Gasteiger partial charge is 0.101 e. The van der Waals surface area contributed by atoms with E-state index in [-0.39, 0.29) is 0 Å². The second-order valence-corrected chi connectivity index (χ2v) is 3.74. The monoisotopic (exact) mass is 266 g/mol. The molecule has 0 radical (unpaired) electrons. The Kier molecular flexibility index (Phi) is 11.3. The molecule has 0 aliphatic heterocycles. The first-order chi connectivity index (χ1) is 6.81. The minimum atomic E-state index is -0.529. The van der Waals surface area contributed by atoms with E-state index in [4.69, 9.17) is 9.47 Å². The number of alkyl halides is 1. The van der Waals surface area contributed by atoms with Crippen LogP contribution in [-0.4, -0.2) is 43.0 Å². The van der Waals surface area contributed by atoms with Crippen molar-refractivity contribution < 1.29 is 14.6 Å². The van der Waals surface area contributed by atoms with Crippen LogP contribution in [0, 0.1) is 0 Å². The molecule has 0 fully saturated rings. The number of halogens is 1. The molecule has 3 nitrogen and oxygen atoms in total. The second-order valence-electron chi connectivity index (χ2n) is 2.95. The second kappa shape index (κ2) is 11.2. The number of rotatable bonds is 10. The first-order valence-electron chi connectivity index (χ1n) is 4.81. The third-order valence-electron chi connectivity index (χ3n) is 1.53. The molecule has 0 aromatic carbocycles. The van der Waals surface area contributed by atoms with E-state index >= 15 is 0 Å². The standard InChI is InChI=1S/C10H19BrO3/c1-2-6-13-8-10(12)9-14-7-4-3-5-11/h2,10,12H,1,3-9H2. The summed E-state index contributed by atoms with van der Waals surface area (Å²) in [6.45, 7) is 5.34. The number of aliphatic hydroxyl groups excluding tert-OH is 1. The van der Waals surface area contributed by atoms with Crippen molar-refractivity contribution in [3.63, 3.8) is 0 Å². The van der Waals surface area contributed by atoms with Gasteiger partial charge in [-0.25, -0.2) is 0 Å².